The van der Waals surface area contributed by atoms with Gasteiger partial charge in [0.15, 0.2) is 0 Å². The lowest BCUT2D eigenvalue weighted by Crippen LogP contribution is -2.29. The molecule has 7 heteroatoms. The van der Waals surface area contributed by atoms with Crippen molar-refractivity contribution in [3.63, 3.8) is 0 Å². The van der Waals surface area contributed by atoms with E-state index < -0.39 is 23.3 Å². The predicted octanol–water partition coefficient (Wildman–Crippen LogP) is 2.52. The van der Waals surface area contributed by atoms with Crippen LogP contribution in [0.1, 0.15) is 35.7 Å². The average molecular weight is 287 g/mol. The van der Waals surface area contributed by atoms with Crippen LogP contribution in [-0.4, -0.2) is 11.9 Å². The van der Waals surface area contributed by atoms with Crippen LogP contribution in [-0.2, 0) is 6.18 Å². The van der Waals surface area contributed by atoms with E-state index >= 15 is 0 Å². The van der Waals surface area contributed by atoms with E-state index in [0.29, 0.717) is 5.92 Å². The minimum Gasteiger partial charge on any atom is -0.349 e. The quantitative estimate of drug-likeness (QED) is 0.589. The van der Waals surface area contributed by atoms with E-state index in [4.69, 9.17) is 5.84 Å². The summed E-state index contributed by atoms with van der Waals surface area (Å²) in [6.07, 6.45) is -2.76. The molecule has 4 nitrogen and oxygen atoms in total. The molecule has 1 aromatic rings. The van der Waals surface area contributed by atoms with Gasteiger partial charge in [0.1, 0.15) is 0 Å². The molecular weight excluding hydrogens is 271 g/mol. The zero-order valence-electron chi connectivity index (χ0n) is 10.9. The maximum absolute atomic E-state index is 12.8. The van der Waals surface area contributed by atoms with Gasteiger partial charge in [-0.25, -0.2) is 0 Å². The van der Waals surface area contributed by atoms with E-state index in [1.54, 1.807) is 0 Å². The van der Waals surface area contributed by atoms with Crippen LogP contribution in [0.15, 0.2) is 18.2 Å². The zero-order chi connectivity index (χ0) is 14.9. The van der Waals surface area contributed by atoms with Gasteiger partial charge in [-0.3, -0.25) is 10.6 Å². The van der Waals surface area contributed by atoms with Crippen LogP contribution in [0.25, 0.3) is 0 Å². The summed E-state index contributed by atoms with van der Waals surface area (Å²) in [7, 11) is 0. The second-order valence-corrected chi connectivity index (χ2v) is 4.85. The molecule has 0 radical (unpaired) electrons. The van der Waals surface area contributed by atoms with Crippen molar-refractivity contribution in [3.8, 4) is 0 Å². The number of halogens is 3. The van der Waals surface area contributed by atoms with Crippen molar-refractivity contribution in [1.82, 2.24) is 5.32 Å². The topological polar surface area (TPSA) is 67.2 Å². The Kier molecular flexibility index (Phi) is 3.89. The van der Waals surface area contributed by atoms with Crippen molar-refractivity contribution < 1.29 is 18.0 Å². The molecule has 0 aromatic heterocycles. The summed E-state index contributed by atoms with van der Waals surface area (Å²) in [5, 5.41) is 2.72. The second kappa shape index (κ2) is 5.32. The molecule has 110 valence electrons. The summed E-state index contributed by atoms with van der Waals surface area (Å²) in [6.45, 7) is 2.01. The number of rotatable bonds is 4. The van der Waals surface area contributed by atoms with Gasteiger partial charge in [-0.15, -0.1) is 0 Å². The molecule has 0 heterocycles. The lowest BCUT2D eigenvalue weighted by atomic mass is 10.1. The van der Waals surface area contributed by atoms with E-state index in [1.165, 1.54) is 12.1 Å². The molecule has 4 N–H and O–H groups in total. The molecule has 0 saturated heterocycles. The first-order valence-electron chi connectivity index (χ1n) is 6.36. The molecule has 20 heavy (non-hydrogen) atoms. The second-order valence-electron chi connectivity index (χ2n) is 4.85. The standard InChI is InChI=1S/C13H16F3N3O/c1-2-7-6-10(7)18-12(20)8-4-3-5-9(11(8)19-17)13(14,15)16/h3-5,7,10,19H,2,6,17H2,1H3,(H,18,20). The normalized spacial score (nSPS) is 21.4. The summed E-state index contributed by atoms with van der Waals surface area (Å²) < 4.78 is 38.5. The Morgan fingerprint density at radius 3 is 2.65 bits per heavy atom. The van der Waals surface area contributed by atoms with Crippen molar-refractivity contribution in [3.05, 3.63) is 29.3 Å². The molecule has 0 aliphatic heterocycles. The van der Waals surface area contributed by atoms with Crippen molar-refractivity contribution in [2.24, 2.45) is 11.8 Å². The number of amides is 1. The Morgan fingerprint density at radius 1 is 1.45 bits per heavy atom. The molecule has 0 bridgehead atoms. The van der Waals surface area contributed by atoms with E-state index in [-0.39, 0.29) is 11.6 Å². The van der Waals surface area contributed by atoms with Crippen molar-refractivity contribution in [1.29, 1.82) is 0 Å². The highest BCUT2D eigenvalue weighted by molar-refractivity contribution is 6.00. The van der Waals surface area contributed by atoms with Gasteiger partial charge >= 0.3 is 6.18 Å². The maximum atomic E-state index is 12.8. The zero-order valence-corrected chi connectivity index (χ0v) is 10.9. The van der Waals surface area contributed by atoms with E-state index in [1.807, 2.05) is 12.3 Å². The summed E-state index contributed by atoms with van der Waals surface area (Å²) in [5.74, 6) is 5.03. The number of hydrazine groups is 1. The maximum Gasteiger partial charge on any atom is 0.418 e. The first kappa shape index (κ1) is 14.6. The van der Waals surface area contributed by atoms with Crippen LogP contribution >= 0.6 is 0 Å². The first-order valence-corrected chi connectivity index (χ1v) is 6.36. The number of nitrogen functional groups attached to an aromatic ring is 1. The van der Waals surface area contributed by atoms with E-state index in [0.717, 1.165) is 18.9 Å². The van der Waals surface area contributed by atoms with Gasteiger partial charge < -0.3 is 10.7 Å². The number of carbonyl (C=O) groups is 1. The molecule has 1 fully saturated rings. The minimum absolute atomic E-state index is 0.0488. The Bertz CT molecular complexity index is 516. The van der Waals surface area contributed by atoms with Crippen LogP contribution in [0, 0.1) is 5.92 Å². The lowest BCUT2D eigenvalue weighted by molar-refractivity contribution is -0.137. The third-order valence-electron chi connectivity index (χ3n) is 3.52. The summed E-state index contributed by atoms with van der Waals surface area (Å²) >= 11 is 0. The number of hydrogen-bond donors (Lipinski definition) is 3. The fourth-order valence-electron chi connectivity index (χ4n) is 2.25. The van der Waals surface area contributed by atoms with Gasteiger partial charge in [-0.2, -0.15) is 13.2 Å². The Balaban J connectivity index is 2.25. The van der Waals surface area contributed by atoms with E-state index in [9.17, 15) is 18.0 Å². The van der Waals surface area contributed by atoms with Crippen LogP contribution in [0.3, 0.4) is 0 Å². The molecule has 1 saturated carbocycles. The highest BCUT2D eigenvalue weighted by Gasteiger charge is 2.38. The number of alkyl halides is 3. The molecule has 0 spiro atoms. The van der Waals surface area contributed by atoms with Crippen LogP contribution in [0.5, 0.6) is 0 Å². The fourth-order valence-corrected chi connectivity index (χ4v) is 2.25. The molecule has 1 aromatic carbocycles. The number of benzene rings is 1. The number of nitrogens with two attached hydrogens (primary N) is 1. The number of carbonyl (C=O) groups excluding carboxylic acids is 1. The third-order valence-corrected chi connectivity index (χ3v) is 3.52. The highest BCUT2D eigenvalue weighted by atomic mass is 19.4. The smallest absolute Gasteiger partial charge is 0.349 e. The number of para-hydroxylation sites is 1. The van der Waals surface area contributed by atoms with Crippen LogP contribution in [0.2, 0.25) is 0 Å². The predicted molar refractivity (Wildman–Crippen MR) is 68.9 cm³/mol. The average Bonchev–Trinajstić information content (AvgIpc) is 3.14. The van der Waals surface area contributed by atoms with Crippen molar-refractivity contribution in [2.45, 2.75) is 32.0 Å². The van der Waals surface area contributed by atoms with Gasteiger partial charge in [0.25, 0.3) is 5.91 Å². The van der Waals surface area contributed by atoms with Crippen LogP contribution in [0.4, 0.5) is 18.9 Å². The molecule has 1 aliphatic rings. The van der Waals surface area contributed by atoms with Gasteiger partial charge in [0.2, 0.25) is 0 Å². The van der Waals surface area contributed by atoms with Gasteiger partial charge in [0.05, 0.1) is 16.8 Å². The van der Waals surface area contributed by atoms with Crippen molar-refractivity contribution >= 4 is 11.6 Å². The monoisotopic (exact) mass is 287 g/mol. The molecule has 1 amide bonds. The third kappa shape index (κ3) is 2.87. The SMILES string of the molecule is CCC1CC1NC(=O)c1cccc(C(F)(F)F)c1NN. The first-order chi connectivity index (χ1) is 9.38. The Hall–Kier alpha value is -1.76. The minimum atomic E-state index is -4.57. The lowest BCUT2D eigenvalue weighted by Gasteiger charge is -2.16. The Morgan fingerprint density at radius 2 is 2.15 bits per heavy atom. The molecule has 2 unspecified atom stereocenters. The van der Waals surface area contributed by atoms with E-state index in [2.05, 4.69) is 5.32 Å². The molecule has 2 atom stereocenters. The summed E-state index contributed by atoms with van der Waals surface area (Å²) in [6, 6.07) is 3.46. The summed E-state index contributed by atoms with van der Waals surface area (Å²) in [5.41, 5.74) is 0.551. The molecule has 1 aliphatic carbocycles. The van der Waals surface area contributed by atoms with Gasteiger partial charge in [-0.1, -0.05) is 19.4 Å². The summed E-state index contributed by atoms with van der Waals surface area (Å²) in [4.78, 5) is 12.0. The molecular formula is C13H16F3N3O. The fraction of sp³-hybridized carbons (Fsp3) is 0.462. The van der Waals surface area contributed by atoms with Gasteiger partial charge in [-0.05, 0) is 24.5 Å². The number of hydrogen-bond acceptors (Lipinski definition) is 3. The largest absolute Gasteiger partial charge is 0.418 e. The highest BCUT2D eigenvalue weighted by Crippen LogP contribution is 2.37. The number of nitrogens with one attached hydrogen (secondary N) is 2. The Labute approximate surface area is 114 Å². The van der Waals surface area contributed by atoms with Crippen molar-refractivity contribution in [2.75, 3.05) is 5.43 Å². The van der Waals surface area contributed by atoms with Gasteiger partial charge in [0, 0.05) is 6.04 Å². The van der Waals surface area contributed by atoms with Crippen LogP contribution < -0.4 is 16.6 Å². The number of anilines is 1. The molecule has 2 rings (SSSR count).